The normalized spacial score (nSPS) is 31.8. The van der Waals surface area contributed by atoms with E-state index in [1.54, 1.807) is 6.20 Å². The van der Waals surface area contributed by atoms with Crippen LogP contribution in [0.2, 0.25) is 0 Å². The lowest BCUT2D eigenvalue weighted by Gasteiger charge is -2.11. The number of hydrogen-bond acceptors (Lipinski definition) is 2. The maximum absolute atomic E-state index is 6.23. The molecular weight excluding hydrogens is 228 g/mol. The number of pyridine rings is 1. The Hall–Kier alpha value is -0.410. The van der Waals surface area contributed by atoms with Gasteiger partial charge in [0.25, 0.3) is 0 Å². The van der Waals surface area contributed by atoms with E-state index in [0.29, 0.717) is 5.92 Å². The average Bonchev–Trinajstić information content (AvgIpc) is 2.79. The van der Waals surface area contributed by atoms with Crippen molar-refractivity contribution in [3.8, 4) is 0 Å². The molecule has 70 valence electrons. The molecule has 1 fully saturated rings. The minimum atomic E-state index is -0.158. The number of aromatic nitrogens is 1. The van der Waals surface area contributed by atoms with Gasteiger partial charge in [0, 0.05) is 10.7 Å². The van der Waals surface area contributed by atoms with E-state index in [4.69, 9.17) is 5.73 Å². The summed E-state index contributed by atoms with van der Waals surface area (Å²) in [6, 6.07) is 3.92. The van der Waals surface area contributed by atoms with E-state index in [-0.39, 0.29) is 5.54 Å². The fourth-order valence-electron chi connectivity index (χ4n) is 1.88. The van der Waals surface area contributed by atoms with Crippen LogP contribution in [0.5, 0.6) is 0 Å². The van der Waals surface area contributed by atoms with Gasteiger partial charge in [0.15, 0.2) is 0 Å². The molecule has 1 saturated carbocycles. The van der Waals surface area contributed by atoms with Crippen LogP contribution in [0.3, 0.4) is 0 Å². The summed E-state index contributed by atoms with van der Waals surface area (Å²) >= 11 is 3.49. The summed E-state index contributed by atoms with van der Waals surface area (Å²) in [4.78, 5) is 4.34. The third-order valence-electron chi connectivity index (χ3n) is 2.84. The van der Waals surface area contributed by atoms with Gasteiger partial charge in [0.05, 0.1) is 11.2 Å². The average molecular weight is 241 g/mol. The van der Waals surface area contributed by atoms with E-state index in [0.717, 1.165) is 23.0 Å². The Morgan fingerprint density at radius 2 is 2.54 bits per heavy atom. The number of rotatable bonds is 2. The standard InChI is InChI=1S/C10H13BrN2/c1-2-7-6-10(7,12)9-8(11)4-3-5-13-9/h3-5,7H,2,6,12H2,1H3. The fraction of sp³-hybridized carbons (Fsp3) is 0.500. The minimum Gasteiger partial charge on any atom is -0.320 e. The Morgan fingerprint density at radius 3 is 3.08 bits per heavy atom. The zero-order chi connectivity index (χ0) is 9.47. The molecule has 3 heteroatoms. The second-order valence-corrected chi connectivity index (χ2v) is 4.54. The number of halogens is 1. The van der Waals surface area contributed by atoms with Crippen molar-refractivity contribution in [1.82, 2.24) is 4.98 Å². The van der Waals surface area contributed by atoms with E-state index < -0.39 is 0 Å². The molecule has 0 radical (unpaired) electrons. The van der Waals surface area contributed by atoms with Gasteiger partial charge < -0.3 is 5.73 Å². The monoisotopic (exact) mass is 240 g/mol. The Balaban J connectivity index is 2.32. The predicted octanol–water partition coefficient (Wildman–Crippen LogP) is 2.43. The number of nitrogens with zero attached hydrogens (tertiary/aromatic N) is 1. The maximum atomic E-state index is 6.23. The molecule has 13 heavy (non-hydrogen) atoms. The molecule has 2 rings (SSSR count). The van der Waals surface area contributed by atoms with E-state index in [1.807, 2.05) is 12.1 Å². The molecule has 0 aromatic carbocycles. The van der Waals surface area contributed by atoms with Crippen molar-refractivity contribution in [3.63, 3.8) is 0 Å². The molecule has 0 bridgehead atoms. The van der Waals surface area contributed by atoms with Crippen molar-refractivity contribution in [3.05, 3.63) is 28.5 Å². The Labute approximate surface area is 86.7 Å². The topological polar surface area (TPSA) is 38.9 Å². The SMILES string of the molecule is CCC1CC1(N)c1ncccc1Br. The van der Waals surface area contributed by atoms with Crippen molar-refractivity contribution in [2.45, 2.75) is 25.3 Å². The van der Waals surface area contributed by atoms with Gasteiger partial charge in [-0.25, -0.2) is 0 Å². The quantitative estimate of drug-likeness (QED) is 0.863. The highest BCUT2D eigenvalue weighted by Gasteiger charge is 2.52. The van der Waals surface area contributed by atoms with E-state index >= 15 is 0 Å². The zero-order valence-electron chi connectivity index (χ0n) is 7.63. The van der Waals surface area contributed by atoms with Gasteiger partial charge in [0.1, 0.15) is 0 Å². The summed E-state index contributed by atoms with van der Waals surface area (Å²) < 4.78 is 1.04. The molecule has 0 aliphatic heterocycles. The van der Waals surface area contributed by atoms with Gasteiger partial charge in [0.2, 0.25) is 0 Å². The highest BCUT2D eigenvalue weighted by atomic mass is 79.9. The molecule has 0 saturated heterocycles. The van der Waals surface area contributed by atoms with Crippen molar-refractivity contribution >= 4 is 15.9 Å². The summed E-state index contributed by atoms with van der Waals surface area (Å²) in [6.45, 7) is 2.18. The molecule has 2 atom stereocenters. The first-order chi connectivity index (χ1) is 6.18. The fourth-order valence-corrected chi connectivity index (χ4v) is 2.50. The lowest BCUT2D eigenvalue weighted by atomic mass is 10.1. The summed E-state index contributed by atoms with van der Waals surface area (Å²) in [5.41, 5.74) is 7.09. The Kier molecular flexibility index (Phi) is 2.16. The summed E-state index contributed by atoms with van der Waals surface area (Å²) in [5.74, 6) is 0.610. The smallest absolute Gasteiger partial charge is 0.0747 e. The van der Waals surface area contributed by atoms with Crippen LogP contribution in [0.4, 0.5) is 0 Å². The first-order valence-corrected chi connectivity index (χ1v) is 5.37. The summed E-state index contributed by atoms with van der Waals surface area (Å²) in [5, 5.41) is 0. The molecule has 0 spiro atoms. The molecular formula is C10H13BrN2. The summed E-state index contributed by atoms with van der Waals surface area (Å²) in [7, 11) is 0. The Bertz CT molecular complexity index is 326. The third kappa shape index (κ3) is 1.40. The molecule has 1 aromatic rings. The Morgan fingerprint density at radius 1 is 1.77 bits per heavy atom. The molecule has 2 nitrogen and oxygen atoms in total. The first kappa shape index (κ1) is 9.16. The molecule has 1 aliphatic carbocycles. The van der Waals surface area contributed by atoms with E-state index in [2.05, 4.69) is 27.8 Å². The predicted molar refractivity (Wildman–Crippen MR) is 56.2 cm³/mol. The number of nitrogens with two attached hydrogens (primary N) is 1. The first-order valence-electron chi connectivity index (χ1n) is 4.58. The van der Waals surface area contributed by atoms with Crippen LogP contribution in [0.25, 0.3) is 0 Å². The third-order valence-corrected chi connectivity index (χ3v) is 3.48. The van der Waals surface area contributed by atoms with Crippen molar-refractivity contribution in [2.24, 2.45) is 11.7 Å². The molecule has 1 aromatic heterocycles. The van der Waals surface area contributed by atoms with Crippen LogP contribution < -0.4 is 5.73 Å². The van der Waals surface area contributed by atoms with Gasteiger partial charge in [-0.05, 0) is 40.4 Å². The summed E-state index contributed by atoms with van der Waals surface area (Å²) in [6.07, 6.45) is 4.01. The van der Waals surface area contributed by atoms with Crippen LogP contribution in [0.15, 0.2) is 22.8 Å². The zero-order valence-corrected chi connectivity index (χ0v) is 9.21. The second kappa shape index (κ2) is 3.07. The minimum absolute atomic E-state index is 0.158. The molecule has 0 amide bonds. The molecule has 1 heterocycles. The highest BCUT2D eigenvalue weighted by Crippen LogP contribution is 2.52. The van der Waals surface area contributed by atoms with E-state index in [1.165, 1.54) is 0 Å². The van der Waals surface area contributed by atoms with Crippen LogP contribution in [0, 0.1) is 5.92 Å². The van der Waals surface area contributed by atoms with Crippen molar-refractivity contribution in [1.29, 1.82) is 0 Å². The second-order valence-electron chi connectivity index (χ2n) is 3.68. The van der Waals surface area contributed by atoms with Crippen LogP contribution in [0.1, 0.15) is 25.5 Å². The molecule has 2 N–H and O–H groups in total. The van der Waals surface area contributed by atoms with Crippen molar-refractivity contribution in [2.75, 3.05) is 0 Å². The molecule has 2 unspecified atom stereocenters. The van der Waals surface area contributed by atoms with Gasteiger partial charge in [-0.1, -0.05) is 13.3 Å². The van der Waals surface area contributed by atoms with Gasteiger partial charge >= 0.3 is 0 Å². The van der Waals surface area contributed by atoms with Gasteiger partial charge in [-0.2, -0.15) is 0 Å². The van der Waals surface area contributed by atoms with Crippen molar-refractivity contribution < 1.29 is 0 Å². The van der Waals surface area contributed by atoms with Gasteiger partial charge in [-0.3, -0.25) is 4.98 Å². The lowest BCUT2D eigenvalue weighted by Crippen LogP contribution is -2.24. The number of hydrogen-bond donors (Lipinski definition) is 1. The van der Waals surface area contributed by atoms with Gasteiger partial charge in [-0.15, -0.1) is 0 Å². The highest BCUT2D eigenvalue weighted by molar-refractivity contribution is 9.10. The van der Waals surface area contributed by atoms with Crippen LogP contribution in [-0.2, 0) is 5.54 Å². The largest absolute Gasteiger partial charge is 0.320 e. The maximum Gasteiger partial charge on any atom is 0.0747 e. The van der Waals surface area contributed by atoms with Crippen LogP contribution in [-0.4, -0.2) is 4.98 Å². The lowest BCUT2D eigenvalue weighted by molar-refractivity contribution is 0.595. The van der Waals surface area contributed by atoms with E-state index in [9.17, 15) is 0 Å². The molecule has 1 aliphatic rings. The van der Waals surface area contributed by atoms with Crippen LogP contribution >= 0.6 is 15.9 Å².